The zero-order chi connectivity index (χ0) is 9.64. The van der Waals surface area contributed by atoms with Crippen LogP contribution in [0.25, 0.3) is 0 Å². The fraction of sp³-hybridized carbons (Fsp3) is 1.00. The van der Waals surface area contributed by atoms with E-state index in [9.17, 15) is 8.42 Å². The number of fused-ring (bicyclic) bond motifs is 2. The summed E-state index contributed by atoms with van der Waals surface area (Å²) in [4.78, 5) is 0. The first-order valence-corrected chi connectivity index (χ1v) is 6.84. The van der Waals surface area contributed by atoms with Crippen LogP contribution >= 0.6 is 0 Å². The largest absolute Gasteiger partial charge is 0.212 e. The molecular weight excluding hydrogens is 186 g/mol. The Labute approximate surface area is 80.2 Å². The summed E-state index contributed by atoms with van der Waals surface area (Å²) < 4.78 is 24.5. The number of hydrogen-bond donors (Lipinski definition) is 0. The Morgan fingerprint density at radius 1 is 1.38 bits per heavy atom. The Kier molecular flexibility index (Phi) is 2.15. The summed E-state index contributed by atoms with van der Waals surface area (Å²) in [6, 6.07) is 0.324. The number of piperidine rings is 1. The minimum absolute atomic E-state index is 0.324. The van der Waals surface area contributed by atoms with Crippen molar-refractivity contribution in [1.82, 2.24) is 4.31 Å². The lowest BCUT2D eigenvalue weighted by atomic mass is 9.97. The van der Waals surface area contributed by atoms with Gasteiger partial charge >= 0.3 is 0 Å². The van der Waals surface area contributed by atoms with Crippen LogP contribution in [0.3, 0.4) is 0 Å². The van der Waals surface area contributed by atoms with Gasteiger partial charge < -0.3 is 0 Å². The summed E-state index contributed by atoms with van der Waals surface area (Å²) in [5.74, 6) is 1.26. The zero-order valence-electron chi connectivity index (χ0n) is 8.23. The summed E-state index contributed by atoms with van der Waals surface area (Å²) in [6.45, 7) is 2.94. The molecule has 0 N–H and O–H groups in total. The Morgan fingerprint density at radius 2 is 2.08 bits per heavy atom. The lowest BCUT2D eigenvalue weighted by Gasteiger charge is -2.30. The molecule has 2 rings (SSSR count). The molecule has 2 bridgehead atoms. The normalized spacial score (nSPS) is 40.0. The van der Waals surface area contributed by atoms with Crippen LogP contribution in [0.2, 0.25) is 0 Å². The highest BCUT2D eigenvalue weighted by Crippen LogP contribution is 2.44. The van der Waals surface area contributed by atoms with Crippen molar-refractivity contribution in [3.05, 3.63) is 0 Å². The minimum atomic E-state index is -2.94. The molecule has 3 atom stereocenters. The van der Waals surface area contributed by atoms with Gasteiger partial charge in [-0.3, -0.25) is 0 Å². The van der Waals surface area contributed by atoms with Crippen molar-refractivity contribution in [2.45, 2.75) is 32.2 Å². The minimum Gasteiger partial charge on any atom is -0.212 e. The van der Waals surface area contributed by atoms with E-state index in [0.717, 1.165) is 19.4 Å². The van der Waals surface area contributed by atoms with Gasteiger partial charge in [-0.25, -0.2) is 8.42 Å². The van der Waals surface area contributed by atoms with Crippen LogP contribution in [-0.4, -0.2) is 31.6 Å². The number of rotatable bonds is 2. The Balaban J connectivity index is 2.19. The van der Waals surface area contributed by atoms with Crippen LogP contribution < -0.4 is 0 Å². The van der Waals surface area contributed by atoms with E-state index in [0.29, 0.717) is 17.9 Å². The van der Waals surface area contributed by atoms with E-state index >= 15 is 0 Å². The predicted molar refractivity (Wildman–Crippen MR) is 51.8 cm³/mol. The fourth-order valence-corrected chi connectivity index (χ4v) is 4.16. The molecule has 0 aromatic carbocycles. The molecule has 1 heterocycles. The van der Waals surface area contributed by atoms with Gasteiger partial charge in [0.25, 0.3) is 0 Å². The van der Waals surface area contributed by atoms with E-state index in [-0.39, 0.29) is 0 Å². The fourth-order valence-electron chi connectivity index (χ4n) is 2.93. The summed E-state index contributed by atoms with van der Waals surface area (Å²) in [6.07, 6.45) is 4.80. The number of hydrogen-bond acceptors (Lipinski definition) is 2. The molecular formula is C9H17NO2S. The highest BCUT2D eigenvalue weighted by atomic mass is 32.2. The Hall–Kier alpha value is -0.0900. The monoisotopic (exact) mass is 203 g/mol. The van der Waals surface area contributed by atoms with Crippen molar-refractivity contribution < 1.29 is 8.42 Å². The second-order valence-corrected chi connectivity index (χ2v) is 6.34. The average molecular weight is 203 g/mol. The molecule has 2 aliphatic rings. The molecule has 76 valence electrons. The molecule has 1 aliphatic heterocycles. The van der Waals surface area contributed by atoms with E-state index in [4.69, 9.17) is 0 Å². The summed E-state index contributed by atoms with van der Waals surface area (Å²) >= 11 is 0. The smallest absolute Gasteiger partial charge is 0.211 e. The predicted octanol–water partition coefficient (Wildman–Crippen LogP) is 1.07. The third-order valence-electron chi connectivity index (χ3n) is 3.51. The lowest BCUT2D eigenvalue weighted by Crippen LogP contribution is -2.41. The molecule has 0 spiro atoms. The van der Waals surface area contributed by atoms with Gasteiger partial charge in [-0.15, -0.1) is 0 Å². The molecule has 0 aromatic rings. The first kappa shape index (κ1) is 9.46. The van der Waals surface area contributed by atoms with Crippen molar-refractivity contribution in [1.29, 1.82) is 0 Å². The van der Waals surface area contributed by atoms with Gasteiger partial charge in [0.15, 0.2) is 0 Å². The average Bonchev–Trinajstić information content (AvgIpc) is 2.59. The maximum Gasteiger partial charge on any atom is 0.211 e. The van der Waals surface area contributed by atoms with Gasteiger partial charge in [-0.2, -0.15) is 4.31 Å². The van der Waals surface area contributed by atoms with Crippen LogP contribution in [0.4, 0.5) is 0 Å². The van der Waals surface area contributed by atoms with E-state index in [1.807, 2.05) is 0 Å². The van der Waals surface area contributed by atoms with Crippen LogP contribution in [0.1, 0.15) is 26.2 Å². The van der Waals surface area contributed by atoms with Gasteiger partial charge in [-0.1, -0.05) is 13.3 Å². The number of sulfonamides is 1. The molecule has 13 heavy (non-hydrogen) atoms. The van der Waals surface area contributed by atoms with E-state index in [1.165, 1.54) is 12.7 Å². The maximum absolute atomic E-state index is 11.4. The van der Waals surface area contributed by atoms with Gasteiger partial charge in [0, 0.05) is 12.6 Å². The zero-order valence-corrected chi connectivity index (χ0v) is 9.05. The first-order chi connectivity index (χ1) is 6.02. The molecule has 1 aliphatic carbocycles. The van der Waals surface area contributed by atoms with Crippen molar-refractivity contribution in [2.24, 2.45) is 11.8 Å². The van der Waals surface area contributed by atoms with Crippen LogP contribution in [0.5, 0.6) is 0 Å². The van der Waals surface area contributed by atoms with Crippen molar-refractivity contribution >= 4 is 10.0 Å². The third kappa shape index (κ3) is 1.50. The van der Waals surface area contributed by atoms with Gasteiger partial charge in [0.1, 0.15) is 0 Å². The van der Waals surface area contributed by atoms with Crippen molar-refractivity contribution in [3.63, 3.8) is 0 Å². The molecule has 3 unspecified atom stereocenters. The molecule has 0 amide bonds. The van der Waals surface area contributed by atoms with Gasteiger partial charge in [0.2, 0.25) is 10.0 Å². The van der Waals surface area contributed by atoms with E-state index in [2.05, 4.69) is 6.92 Å². The van der Waals surface area contributed by atoms with Crippen LogP contribution in [0, 0.1) is 11.8 Å². The van der Waals surface area contributed by atoms with Crippen molar-refractivity contribution in [2.75, 3.05) is 12.8 Å². The summed E-state index contributed by atoms with van der Waals surface area (Å²) in [7, 11) is -2.94. The highest BCUT2D eigenvalue weighted by Gasteiger charge is 2.47. The highest BCUT2D eigenvalue weighted by molar-refractivity contribution is 7.88. The molecule has 1 saturated carbocycles. The van der Waals surface area contributed by atoms with Crippen molar-refractivity contribution in [3.8, 4) is 0 Å². The molecule has 3 nitrogen and oxygen atoms in total. The SMILES string of the molecule is CCC1CC2CC1N(S(C)(=O)=O)C2. The molecule has 0 aromatic heterocycles. The molecule has 4 heteroatoms. The van der Waals surface area contributed by atoms with E-state index in [1.54, 1.807) is 4.31 Å². The summed E-state index contributed by atoms with van der Waals surface area (Å²) in [5, 5.41) is 0. The molecule has 2 fully saturated rings. The van der Waals surface area contributed by atoms with Gasteiger partial charge in [0.05, 0.1) is 6.26 Å². The quantitative estimate of drug-likeness (QED) is 0.673. The Morgan fingerprint density at radius 3 is 2.54 bits per heavy atom. The first-order valence-electron chi connectivity index (χ1n) is 4.99. The number of nitrogens with zero attached hydrogens (tertiary/aromatic N) is 1. The molecule has 1 saturated heterocycles. The second kappa shape index (κ2) is 2.95. The standard InChI is InChI=1S/C9H17NO2S/c1-3-8-4-7-5-9(8)10(6-7)13(2,11)12/h7-9H,3-6H2,1-2H3. The molecule has 0 radical (unpaired) electrons. The lowest BCUT2D eigenvalue weighted by molar-refractivity contribution is 0.247. The van der Waals surface area contributed by atoms with E-state index < -0.39 is 10.0 Å². The maximum atomic E-state index is 11.4. The Bertz CT molecular complexity index is 299. The van der Waals surface area contributed by atoms with Gasteiger partial charge in [-0.05, 0) is 24.7 Å². The topological polar surface area (TPSA) is 37.4 Å². The summed E-state index contributed by atoms with van der Waals surface area (Å²) in [5.41, 5.74) is 0. The van der Waals surface area contributed by atoms with Crippen LogP contribution in [-0.2, 0) is 10.0 Å². The van der Waals surface area contributed by atoms with Crippen LogP contribution in [0.15, 0.2) is 0 Å². The second-order valence-electron chi connectivity index (χ2n) is 4.41. The third-order valence-corrected chi connectivity index (χ3v) is 4.79.